The predicted molar refractivity (Wildman–Crippen MR) is 97.1 cm³/mol. The van der Waals surface area contributed by atoms with Crippen LogP contribution in [0.4, 0.5) is 0 Å². The van der Waals surface area contributed by atoms with Gasteiger partial charge >= 0.3 is 5.97 Å². The summed E-state index contributed by atoms with van der Waals surface area (Å²) in [5, 5.41) is 9.51. The van der Waals surface area contributed by atoms with Gasteiger partial charge in [-0.3, -0.25) is 9.78 Å². The third kappa shape index (κ3) is 3.54. The van der Waals surface area contributed by atoms with Gasteiger partial charge in [0.15, 0.2) is 0 Å². The largest absolute Gasteiger partial charge is 0.496 e. The van der Waals surface area contributed by atoms with Crippen molar-refractivity contribution in [2.45, 2.75) is 25.8 Å². The van der Waals surface area contributed by atoms with Crippen molar-refractivity contribution in [3.63, 3.8) is 0 Å². The van der Waals surface area contributed by atoms with Crippen molar-refractivity contribution in [2.24, 2.45) is 5.92 Å². The summed E-state index contributed by atoms with van der Waals surface area (Å²) < 4.78 is 5.39. The molecule has 26 heavy (non-hydrogen) atoms. The van der Waals surface area contributed by atoms with Crippen LogP contribution in [0.2, 0.25) is 0 Å². The van der Waals surface area contributed by atoms with Crippen LogP contribution >= 0.6 is 0 Å². The van der Waals surface area contributed by atoms with Gasteiger partial charge in [-0.1, -0.05) is 13.0 Å². The first kappa shape index (κ1) is 17.9. The number of hydrogen-bond acceptors (Lipinski definition) is 4. The van der Waals surface area contributed by atoms with Crippen molar-refractivity contribution in [3.05, 3.63) is 48.2 Å². The van der Waals surface area contributed by atoms with Crippen LogP contribution < -0.4 is 4.74 Å². The molecule has 1 aromatic carbocycles. The zero-order valence-electron chi connectivity index (χ0n) is 14.9. The zero-order chi connectivity index (χ0) is 18.7. The Morgan fingerprint density at radius 3 is 2.73 bits per heavy atom. The first-order valence-corrected chi connectivity index (χ1v) is 8.64. The molecule has 1 saturated heterocycles. The molecule has 1 aromatic heterocycles. The maximum Gasteiger partial charge on any atom is 0.326 e. The molecule has 6 heteroatoms. The molecule has 0 spiro atoms. The summed E-state index contributed by atoms with van der Waals surface area (Å²) in [5.74, 6) is -0.324. The number of nitrogens with zero attached hydrogens (tertiary/aromatic N) is 2. The fraction of sp³-hybridized carbons (Fsp3) is 0.350. The molecule has 1 aliphatic rings. The van der Waals surface area contributed by atoms with Crippen LogP contribution in [0, 0.1) is 5.92 Å². The van der Waals surface area contributed by atoms with Crippen molar-refractivity contribution in [2.75, 3.05) is 13.7 Å². The van der Waals surface area contributed by atoms with E-state index >= 15 is 0 Å². The lowest BCUT2D eigenvalue weighted by molar-refractivity contribution is -0.144. The number of piperidine rings is 1. The van der Waals surface area contributed by atoms with Gasteiger partial charge in [0, 0.05) is 23.9 Å². The number of carboxylic acid groups (broad SMARTS) is 1. The number of carboxylic acids is 1. The standard InChI is InChI=1S/C20H22N2O4/c1-13-8-10-22(17(11-13)20(24)25)19(23)14-6-7-18(26-2)15(12-14)16-5-3-4-9-21-16/h3-7,9,12-13,17H,8,10-11H2,1-2H3,(H,24,25). The van der Waals surface area contributed by atoms with Crippen LogP contribution in [-0.4, -0.2) is 46.6 Å². The minimum atomic E-state index is -0.955. The van der Waals surface area contributed by atoms with Gasteiger partial charge in [-0.05, 0) is 49.1 Å². The number of hydrogen-bond donors (Lipinski definition) is 1. The molecule has 0 bridgehead atoms. The molecule has 136 valence electrons. The number of benzene rings is 1. The van der Waals surface area contributed by atoms with E-state index in [1.54, 1.807) is 31.5 Å². The van der Waals surface area contributed by atoms with E-state index in [0.29, 0.717) is 41.5 Å². The Morgan fingerprint density at radius 1 is 1.27 bits per heavy atom. The molecule has 6 nitrogen and oxygen atoms in total. The third-order valence-corrected chi connectivity index (χ3v) is 4.80. The first-order valence-electron chi connectivity index (χ1n) is 8.64. The number of aliphatic carboxylic acids is 1. The second-order valence-corrected chi connectivity index (χ2v) is 6.61. The van der Waals surface area contributed by atoms with Crippen LogP contribution in [0.15, 0.2) is 42.6 Å². The van der Waals surface area contributed by atoms with E-state index < -0.39 is 12.0 Å². The van der Waals surface area contributed by atoms with E-state index in [1.165, 1.54) is 4.90 Å². The van der Waals surface area contributed by atoms with Gasteiger partial charge in [0.25, 0.3) is 5.91 Å². The number of methoxy groups -OCH3 is 1. The highest BCUT2D eigenvalue weighted by molar-refractivity contribution is 5.98. The van der Waals surface area contributed by atoms with E-state index in [4.69, 9.17) is 4.74 Å². The fourth-order valence-corrected chi connectivity index (χ4v) is 3.35. The molecule has 2 heterocycles. The molecule has 0 radical (unpaired) electrons. The number of rotatable bonds is 4. The highest BCUT2D eigenvalue weighted by Crippen LogP contribution is 2.31. The Hall–Kier alpha value is -2.89. The lowest BCUT2D eigenvalue weighted by Crippen LogP contribution is -2.49. The lowest BCUT2D eigenvalue weighted by Gasteiger charge is -2.36. The summed E-state index contributed by atoms with van der Waals surface area (Å²) in [4.78, 5) is 30.4. The zero-order valence-corrected chi connectivity index (χ0v) is 14.9. The number of carbonyl (C=O) groups is 2. The van der Waals surface area contributed by atoms with Gasteiger partial charge in [-0.15, -0.1) is 0 Å². The predicted octanol–water partition coefficient (Wildman–Crippen LogP) is 3.08. The molecule has 0 aliphatic carbocycles. The fourth-order valence-electron chi connectivity index (χ4n) is 3.35. The number of carbonyl (C=O) groups excluding carboxylic acids is 1. The number of pyridine rings is 1. The SMILES string of the molecule is COc1ccc(C(=O)N2CCC(C)CC2C(=O)O)cc1-c1ccccn1. The molecule has 0 saturated carbocycles. The van der Waals surface area contributed by atoms with Crippen LogP contribution in [0.3, 0.4) is 0 Å². The van der Waals surface area contributed by atoms with E-state index in [9.17, 15) is 14.7 Å². The monoisotopic (exact) mass is 354 g/mol. The number of amides is 1. The quantitative estimate of drug-likeness (QED) is 0.913. The van der Waals surface area contributed by atoms with E-state index in [-0.39, 0.29) is 5.91 Å². The number of aromatic nitrogens is 1. The second-order valence-electron chi connectivity index (χ2n) is 6.61. The Kier molecular flexibility index (Phi) is 5.21. The smallest absolute Gasteiger partial charge is 0.326 e. The Morgan fingerprint density at radius 2 is 2.08 bits per heavy atom. The molecule has 1 aliphatic heterocycles. The molecule has 3 rings (SSSR count). The molecule has 2 atom stereocenters. The van der Waals surface area contributed by atoms with Crippen molar-refractivity contribution in [1.82, 2.24) is 9.88 Å². The molecular weight excluding hydrogens is 332 g/mol. The number of ether oxygens (including phenoxy) is 1. The Labute approximate surface area is 152 Å². The summed E-state index contributed by atoms with van der Waals surface area (Å²) >= 11 is 0. The molecule has 2 unspecified atom stereocenters. The molecule has 2 aromatic rings. The summed E-state index contributed by atoms with van der Waals surface area (Å²) in [5.41, 5.74) is 1.84. The van der Waals surface area contributed by atoms with Gasteiger partial charge in [-0.25, -0.2) is 4.79 Å². The minimum absolute atomic E-state index is 0.274. The molecule has 1 fully saturated rings. The first-order chi connectivity index (χ1) is 12.5. The van der Waals surface area contributed by atoms with Gasteiger partial charge in [-0.2, -0.15) is 0 Å². The molecule has 1 amide bonds. The minimum Gasteiger partial charge on any atom is -0.496 e. The third-order valence-electron chi connectivity index (χ3n) is 4.80. The topological polar surface area (TPSA) is 79.7 Å². The highest BCUT2D eigenvalue weighted by atomic mass is 16.5. The normalized spacial score (nSPS) is 19.8. The maximum absolute atomic E-state index is 13.0. The summed E-state index contributed by atoms with van der Waals surface area (Å²) in [7, 11) is 1.57. The van der Waals surface area contributed by atoms with Gasteiger partial charge < -0.3 is 14.7 Å². The summed E-state index contributed by atoms with van der Waals surface area (Å²) in [6.45, 7) is 2.46. The van der Waals surface area contributed by atoms with Crippen molar-refractivity contribution < 1.29 is 19.4 Å². The van der Waals surface area contributed by atoms with Gasteiger partial charge in [0.1, 0.15) is 11.8 Å². The van der Waals surface area contributed by atoms with Crippen LogP contribution in [0.1, 0.15) is 30.1 Å². The Bertz CT molecular complexity index is 807. The van der Waals surface area contributed by atoms with Crippen molar-refractivity contribution in [3.8, 4) is 17.0 Å². The average Bonchev–Trinajstić information content (AvgIpc) is 2.67. The van der Waals surface area contributed by atoms with E-state index in [0.717, 1.165) is 6.42 Å². The maximum atomic E-state index is 13.0. The van der Waals surface area contributed by atoms with E-state index in [2.05, 4.69) is 4.98 Å². The lowest BCUT2D eigenvalue weighted by atomic mass is 9.91. The van der Waals surface area contributed by atoms with Crippen molar-refractivity contribution in [1.29, 1.82) is 0 Å². The van der Waals surface area contributed by atoms with Crippen molar-refractivity contribution >= 4 is 11.9 Å². The van der Waals surface area contributed by atoms with Crippen LogP contribution in [-0.2, 0) is 4.79 Å². The second kappa shape index (κ2) is 7.56. The summed E-state index contributed by atoms with van der Waals surface area (Å²) in [6, 6.07) is 9.85. The van der Waals surface area contributed by atoms with Gasteiger partial charge in [0.2, 0.25) is 0 Å². The van der Waals surface area contributed by atoms with Crippen LogP contribution in [0.25, 0.3) is 11.3 Å². The Balaban J connectivity index is 1.96. The van der Waals surface area contributed by atoms with Gasteiger partial charge in [0.05, 0.1) is 12.8 Å². The highest BCUT2D eigenvalue weighted by Gasteiger charge is 2.35. The average molecular weight is 354 g/mol. The molecule has 1 N–H and O–H groups in total. The summed E-state index contributed by atoms with van der Waals surface area (Å²) in [6.07, 6.45) is 2.96. The molecular formula is C20H22N2O4. The van der Waals surface area contributed by atoms with Crippen LogP contribution in [0.5, 0.6) is 5.75 Å². The number of likely N-dealkylation sites (tertiary alicyclic amines) is 1. The van der Waals surface area contributed by atoms with E-state index in [1.807, 2.05) is 25.1 Å².